The number of fused-ring (bicyclic) bond motifs is 5. The Bertz CT molecular complexity index is 1320. The molecule has 192 valence electrons. The van der Waals surface area contributed by atoms with E-state index < -0.39 is 46.8 Å². The molecule has 1 aliphatic heterocycles. The molecule has 9 nitrogen and oxygen atoms in total. The summed E-state index contributed by atoms with van der Waals surface area (Å²) in [5.41, 5.74) is -0.204. The molecule has 2 aromatic rings. The third-order valence-electron chi connectivity index (χ3n) is 7.29. The number of amides is 3. The van der Waals surface area contributed by atoms with Gasteiger partial charge in [0, 0.05) is 37.9 Å². The summed E-state index contributed by atoms with van der Waals surface area (Å²) >= 11 is 19.4. The van der Waals surface area contributed by atoms with Crippen molar-refractivity contribution in [3.63, 3.8) is 0 Å². The van der Waals surface area contributed by atoms with Crippen molar-refractivity contribution in [1.29, 1.82) is 0 Å². The molecule has 2 saturated carbocycles. The molecule has 37 heavy (non-hydrogen) atoms. The summed E-state index contributed by atoms with van der Waals surface area (Å²) in [7, 11) is 0. The first-order valence-corrected chi connectivity index (χ1v) is 13.8. The number of non-ortho nitro benzene ring substituents is 1. The van der Waals surface area contributed by atoms with Crippen molar-refractivity contribution in [3.8, 4) is 0 Å². The molecule has 3 amide bonds. The van der Waals surface area contributed by atoms with Crippen molar-refractivity contribution in [2.45, 2.75) is 16.1 Å². The largest absolute Gasteiger partial charge is 0.292 e. The van der Waals surface area contributed by atoms with Gasteiger partial charge >= 0.3 is 0 Å². The third kappa shape index (κ3) is 4.29. The molecule has 3 aliphatic rings. The van der Waals surface area contributed by atoms with Gasteiger partial charge in [0.25, 0.3) is 23.4 Å². The fraction of sp³-hybridized carbons (Fsp3) is 0.333. The van der Waals surface area contributed by atoms with Gasteiger partial charge < -0.3 is 0 Å². The number of hydrazine groups is 1. The second-order valence-corrected chi connectivity index (χ2v) is 12.2. The van der Waals surface area contributed by atoms with Crippen LogP contribution < -0.4 is 0 Å². The van der Waals surface area contributed by atoms with Gasteiger partial charge in [-0.05, 0) is 48.6 Å². The average molecular weight is 674 g/mol. The third-order valence-corrected chi connectivity index (χ3v) is 11.0. The number of alkyl halides is 2. The lowest BCUT2D eigenvalue weighted by molar-refractivity contribution is -0.384. The zero-order chi connectivity index (χ0) is 26.8. The molecular formula is C24H17Br2Cl2N3O6. The second-order valence-electron chi connectivity index (χ2n) is 9.21. The Kier molecular flexibility index (Phi) is 6.93. The highest BCUT2D eigenvalue weighted by atomic mass is 79.9. The molecule has 1 saturated heterocycles. The molecule has 6 atom stereocenters. The van der Waals surface area contributed by atoms with Crippen molar-refractivity contribution in [2.75, 3.05) is 6.54 Å². The summed E-state index contributed by atoms with van der Waals surface area (Å²) in [4.78, 5) is 64.5. The fourth-order valence-electron chi connectivity index (χ4n) is 5.62. The van der Waals surface area contributed by atoms with E-state index in [9.17, 15) is 29.3 Å². The summed E-state index contributed by atoms with van der Waals surface area (Å²) in [6.45, 7) is -0.654. The Morgan fingerprint density at radius 1 is 1.00 bits per heavy atom. The maximum Gasteiger partial charge on any atom is 0.273 e. The molecule has 0 spiro atoms. The van der Waals surface area contributed by atoms with E-state index >= 15 is 0 Å². The fourth-order valence-corrected chi connectivity index (χ4v) is 8.00. The van der Waals surface area contributed by atoms with Crippen LogP contribution in [0.1, 0.15) is 27.1 Å². The standard InChI is InChI=1S/C24H17Br2Cl2N3O6/c25-20-14-8-15(21(20)26)19-18(14)23(34)30(24(19)35)29(9-17(32)13-6-3-11(27)7-16(13)28)22(33)10-1-4-12(5-2-10)31(36)37/h1-7,14-15,18-21H,8-9H2/t14-,15-,18-,19+,20-,21+/m1/s1. The molecule has 3 fully saturated rings. The van der Waals surface area contributed by atoms with Crippen molar-refractivity contribution in [1.82, 2.24) is 10.0 Å². The van der Waals surface area contributed by atoms with Crippen LogP contribution in [0, 0.1) is 33.8 Å². The molecule has 0 unspecified atom stereocenters. The van der Waals surface area contributed by atoms with Crippen LogP contribution in [0.3, 0.4) is 0 Å². The first-order valence-electron chi connectivity index (χ1n) is 11.2. The number of carbonyl (C=O) groups excluding carboxylic acids is 4. The lowest BCUT2D eigenvalue weighted by atomic mass is 9.81. The van der Waals surface area contributed by atoms with Gasteiger partial charge in [0.15, 0.2) is 5.78 Å². The van der Waals surface area contributed by atoms with Gasteiger partial charge in [0.05, 0.1) is 21.8 Å². The molecule has 0 N–H and O–H groups in total. The Morgan fingerprint density at radius 2 is 1.57 bits per heavy atom. The Hall–Kier alpha value is -2.34. The highest BCUT2D eigenvalue weighted by Gasteiger charge is 2.67. The number of hydrogen-bond donors (Lipinski definition) is 0. The average Bonchev–Trinajstić information content (AvgIpc) is 3.47. The Labute approximate surface area is 237 Å². The summed E-state index contributed by atoms with van der Waals surface area (Å²) in [6.07, 6.45) is 0.697. The van der Waals surface area contributed by atoms with Crippen LogP contribution in [0.2, 0.25) is 10.0 Å². The van der Waals surface area contributed by atoms with Gasteiger partial charge in [0.1, 0.15) is 6.54 Å². The van der Waals surface area contributed by atoms with Crippen LogP contribution in [0.4, 0.5) is 5.69 Å². The number of imide groups is 1. The SMILES string of the molecule is O=C(CN(C(=O)c1ccc([N+](=O)[O-])cc1)N1C(=O)[C@@H]2[C@H]3C[C@@H]([C@H](Br)[C@@H]3Br)[C@@H]2C1=O)c1ccc(Cl)cc1Cl. The quantitative estimate of drug-likeness (QED) is 0.141. The minimum absolute atomic E-state index is 0.0104. The predicted octanol–water partition coefficient (Wildman–Crippen LogP) is 4.92. The van der Waals surface area contributed by atoms with E-state index in [0.29, 0.717) is 11.4 Å². The van der Waals surface area contributed by atoms with Gasteiger partial charge in [-0.1, -0.05) is 55.1 Å². The van der Waals surface area contributed by atoms with Crippen LogP contribution in [0.15, 0.2) is 42.5 Å². The van der Waals surface area contributed by atoms with Gasteiger partial charge in [-0.3, -0.25) is 29.3 Å². The van der Waals surface area contributed by atoms with Crippen LogP contribution in [0.5, 0.6) is 0 Å². The lowest BCUT2D eigenvalue weighted by Gasteiger charge is -2.31. The summed E-state index contributed by atoms with van der Waals surface area (Å²) < 4.78 is 0. The van der Waals surface area contributed by atoms with Gasteiger partial charge in [-0.15, -0.1) is 0 Å². The molecule has 1 heterocycles. The normalized spacial score (nSPS) is 27.9. The smallest absolute Gasteiger partial charge is 0.273 e. The predicted molar refractivity (Wildman–Crippen MR) is 141 cm³/mol. The first-order chi connectivity index (χ1) is 17.5. The van der Waals surface area contributed by atoms with Crippen LogP contribution in [0.25, 0.3) is 0 Å². The summed E-state index contributed by atoms with van der Waals surface area (Å²) in [5, 5.41) is 13.0. The molecule has 0 aromatic heterocycles. The zero-order valence-corrected chi connectivity index (χ0v) is 23.4. The van der Waals surface area contributed by atoms with E-state index in [2.05, 4.69) is 31.9 Å². The Balaban J connectivity index is 1.52. The van der Waals surface area contributed by atoms with E-state index in [1.54, 1.807) is 0 Å². The van der Waals surface area contributed by atoms with E-state index in [4.69, 9.17) is 23.2 Å². The van der Waals surface area contributed by atoms with Gasteiger partial charge in [-0.2, -0.15) is 5.01 Å². The molecule has 2 aromatic carbocycles. The number of carbonyl (C=O) groups is 4. The van der Waals surface area contributed by atoms with Crippen molar-refractivity contribution < 1.29 is 24.1 Å². The number of nitrogens with zero attached hydrogens (tertiary/aromatic N) is 3. The number of nitro groups is 1. The van der Waals surface area contributed by atoms with Crippen molar-refractivity contribution >= 4 is 84.3 Å². The number of nitro benzene ring substituents is 1. The minimum atomic E-state index is -0.826. The number of ketones is 1. The van der Waals surface area contributed by atoms with E-state index in [-0.39, 0.29) is 43.3 Å². The van der Waals surface area contributed by atoms with Crippen molar-refractivity contribution in [2.24, 2.45) is 23.7 Å². The molecule has 0 radical (unpaired) electrons. The highest BCUT2D eigenvalue weighted by molar-refractivity contribution is 9.12. The topological polar surface area (TPSA) is 118 Å². The number of benzene rings is 2. The number of Topliss-reactive ketones (excluding diaryl/α,β-unsaturated/α-hetero) is 1. The van der Waals surface area contributed by atoms with E-state index in [1.807, 2.05) is 0 Å². The lowest BCUT2D eigenvalue weighted by Crippen LogP contribution is -2.52. The molecule has 2 aliphatic carbocycles. The summed E-state index contributed by atoms with van der Waals surface area (Å²) in [6, 6.07) is 8.93. The zero-order valence-electron chi connectivity index (χ0n) is 18.7. The molecule has 5 rings (SSSR count). The maximum absolute atomic E-state index is 13.6. The van der Waals surface area contributed by atoms with Crippen LogP contribution >= 0.6 is 55.1 Å². The molecular weight excluding hydrogens is 657 g/mol. The highest BCUT2D eigenvalue weighted by Crippen LogP contribution is 2.60. The Morgan fingerprint density at radius 3 is 2.08 bits per heavy atom. The van der Waals surface area contributed by atoms with Gasteiger partial charge in [0.2, 0.25) is 0 Å². The molecule has 13 heteroatoms. The van der Waals surface area contributed by atoms with E-state index in [0.717, 1.165) is 22.2 Å². The monoisotopic (exact) mass is 671 g/mol. The summed E-state index contributed by atoms with van der Waals surface area (Å²) in [5.74, 6) is -3.96. The van der Waals surface area contributed by atoms with Crippen LogP contribution in [-0.4, -0.2) is 54.6 Å². The molecule has 2 bridgehead atoms. The second kappa shape index (κ2) is 9.76. The van der Waals surface area contributed by atoms with E-state index in [1.165, 1.54) is 30.3 Å². The van der Waals surface area contributed by atoms with Crippen LogP contribution in [-0.2, 0) is 9.59 Å². The number of hydrogen-bond acceptors (Lipinski definition) is 6. The van der Waals surface area contributed by atoms with Gasteiger partial charge in [-0.25, -0.2) is 5.01 Å². The first kappa shape index (κ1) is 26.3. The van der Waals surface area contributed by atoms with Crippen molar-refractivity contribution in [3.05, 3.63) is 73.8 Å². The maximum atomic E-state index is 13.6. The number of halogens is 4. The number of rotatable bonds is 6. The minimum Gasteiger partial charge on any atom is -0.292 e.